The average molecular weight is 477 g/mol. The van der Waals surface area contributed by atoms with Crippen LogP contribution in [0.5, 0.6) is 0 Å². The van der Waals surface area contributed by atoms with Gasteiger partial charge in [0, 0.05) is 34.7 Å². The summed E-state index contributed by atoms with van der Waals surface area (Å²) in [6, 6.07) is 24.3. The zero-order chi connectivity index (χ0) is 23.2. The monoisotopic (exact) mass is 476 g/mol. The summed E-state index contributed by atoms with van der Waals surface area (Å²) in [6.45, 7) is 1.89. The minimum atomic E-state index is -1.04. The van der Waals surface area contributed by atoms with Crippen LogP contribution >= 0.6 is 23.2 Å². The van der Waals surface area contributed by atoms with Gasteiger partial charge >= 0.3 is 0 Å². The summed E-state index contributed by atoms with van der Waals surface area (Å²) < 4.78 is 0. The normalized spacial score (nSPS) is 24.9. The molecule has 0 radical (unpaired) electrons. The molecular weight excluding hydrogens is 455 g/mol. The molecule has 5 rings (SSSR count). The molecule has 1 fully saturated rings. The lowest BCUT2D eigenvalue weighted by Crippen LogP contribution is -2.52. The fourth-order valence-electron chi connectivity index (χ4n) is 5.45. The lowest BCUT2D eigenvalue weighted by molar-refractivity contribution is -0.131. The summed E-state index contributed by atoms with van der Waals surface area (Å²) >= 11 is 12.8. The van der Waals surface area contributed by atoms with E-state index in [1.54, 1.807) is 12.1 Å². The minimum Gasteiger partial charge on any atom is -0.300 e. The number of amides is 1. The number of nitrogens with zero attached hydrogens (tertiary/aromatic N) is 2. The molecule has 1 saturated carbocycles. The van der Waals surface area contributed by atoms with Crippen molar-refractivity contribution in [2.24, 2.45) is 10.5 Å². The van der Waals surface area contributed by atoms with Crippen molar-refractivity contribution in [3.8, 4) is 0 Å². The molecule has 1 spiro atoms. The second-order valence-electron chi connectivity index (χ2n) is 8.63. The molecule has 1 amide bonds. The number of hydrogen-bond acceptors (Lipinski definition) is 3. The maximum atomic E-state index is 14.4. The van der Waals surface area contributed by atoms with Crippen LogP contribution in [0, 0.1) is 5.41 Å². The maximum absolute atomic E-state index is 14.4. The van der Waals surface area contributed by atoms with Crippen molar-refractivity contribution in [1.82, 2.24) is 0 Å². The number of ketones is 1. The summed E-state index contributed by atoms with van der Waals surface area (Å²) in [5.41, 5.74) is 2.03. The highest BCUT2D eigenvalue weighted by atomic mass is 35.5. The van der Waals surface area contributed by atoms with E-state index in [1.165, 1.54) is 5.01 Å². The molecule has 3 aromatic carbocycles. The highest BCUT2D eigenvalue weighted by Gasteiger charge is 2.62. The fourth-order valence-corrected chi connectivity index (χ4v) is 5.84. The molecule has 0 N–H and O–H groups in total. The minimum absolute atomic E-state index is 0.101. The Morgan fingerprint density at radius 2 is 1.48 bits per heavy atom. The predicted molar refractivity (Wildman–Crippen MR) is 132 cm³/mol. The number of halogens is 2. The zero-order valence-corrected chi connectivity index (χ0v) is 19.6. The third kappa shape index (κ3) is 3.49. The molecule has 1 aliphatic carbocycles. The molecule has 33 heavy (non-hydrogen) atoms. The molecule has 0 saturated heterocycles. The standard InChI is InChI=1S/C27H22Cl2N2O2/c1-17-27(26(33)31(30-17)20-7-3-2-4-8-20)23(18-11-13-19(28)14-12-18)15-21(32)16-24(27)22-9-5-6-10-25(22)29/h2-14,23-24H,15-16H2,1H3/t23-,24-,27-/m0/s1. The van der Waals surface area contributed by atoms with Crippen molar-refractivity contribution in [3.63, 3.8) is 0 Å². The summed E-state index contributed by atoms with van der Waals surface area (Å²) in [5.74, 6) is -0.854. The number of Topliss-reactive ketones (excluding diaryl/α,β-unsaturated/α-hetero) is 1. The van der Waals surface area contributed by atoms with Crippen LogP contribution in [0.2, 0.25) is 10.0 Å². The van der Waals surface area contributed by atoms with E-state index in [2.05, 4.69) is 0 Å². The molecule has 1 aliphatic heterocycles. The largest absolute Gasteiger partial charge is 0.300 e. The number of rotatable bonds is 3. The van der Waals surface area contributed by atoms with Gasteiger partial charge in [-0.1, -0.05) is 71.7 Å². The number of hydrazone groups is 1. The molecule has 166 valence electrons. The molecule has 4 nitrogen and oxygen atoms in total. The molecule has 2 aliphatic rings. The topological polar surface area (TPSA) is 49.7 Å². The Balaban J connectivity index is 1.74. The third-order valence-electron chi connectivity index (χ3n) is 6.91. The van der Waals surface area contributed by atoms with Crippen molar-refractivity contribution in [3.05, 3.63) is 100 Å². The zero-order valence-electron chi connectivity index (χ0n) is 18.0. The molecule has 3 aromatic rings. The van der Waals surface area contributed by atoms with Crippen molar-refractivity contribution in [1.29, 1.82) is 0 Å². The molecule has 0 bridgehead atoms. The highest BCUT2D eigenvalue weighted by Crippen LogP contribution is 2.59. The lowest BCUT2D eigenvalue weighted by atomic mass is 9.54. The number of benzene rings is 3. The first-order valence-electron chi connectivity index (χ1n) is 10.9. The van der Waals surface area contributed by atoms with Gasteiger partial charge in [0.2, 0.25) is 0 Å². The van der Waals surface area contributed by atoms with Gasteiger partial charge in [0.15, 0.2) is 0 Å². The van der Waals surface area contributed by atoms with Gasteiger partial charge in [-0.05, 0) is 48.4 Å². The Hall–Kier alpha value is -2.95. The van der Waals surface area contributed by atoms with Crippen molar-refractivity contribution in [2.45, 2.75) is 31.6 Å². The maximum Gasteiger partial charge on any atom is 0.260 e. The number of anilines is 1. The van der Waals surface area contributed by atoms with Gasteiger partial charge in [0.05, 0.1) is 11.4 Å². The first-order chi connectivity index (χ1) is 15.9. The number of carbonyl (C=O) groups is 2. The van der Waals surface area contributed by atoms with Crippen LogP contribution in [-0.4, -0.2) is 17.4 Å². The van der Waals surface area contributed by atoms with Gasteiger partial charge in [-0.15, -0.1) is 0 Å². The average Bonchev–Trinajstić information content (AvgIpc) is 3.08. The van der Waals surface area contributed by atoms with Crippen LogP contribution in [-0.2, 0) is 9.59 Å². The van der Waals surface area contributed by atoms with Crippen LogP contribution in [0.3, 0.4) is 0 Å². The molecule has 0 aromatic heterocycles. The highest BCUT2D eigenvalue weighted by molar-refractivity contribution is 6.32. The molecule has 1 heterocycles. The van der Waals surface area contributed by atoms with Crippen molar-refractivity contribution >= 4 is 46.3 Å². The van der Waals surface area contributed by atoms with Gasteiger partial charge in [0.1, 0.15) is 11.2 Å². The molecular formula is C27H22Cl2N2O2. The van der Waals surface area contributed by atoms with E-state index in [-0.39, 0.29) is 30.4 Å². The van der Waals surface area contributed by atoms with Crippen LogP contribution in [0.4, 0.5) is 5.69 Å². The fraction of sp³-hybridized carbons (Fsp3) is 0.222. The number of carbonyl (C=O) groups excluding carboxylic acids is 2. The molecule has 6 heteroatoms. The van der Waals surface area contributed by atoms with E-state index in [0.29, 0.717) is 21.4 Å². The van der Waals surface area contributed by atoms with Gasteiger partial charge in [-0.2, -0.15) is 10.1 Å². The first-order valence-corrected chi connectivity index (χ1v) is 11.7. The Labute approximate surface area is 202 Å². The number of hydrogen-bond donors (Lipinski definition) is 0. The summed E-state index contributed by atoms with van der Waals surface area (Å²) in [5, 5.41) is 7.39. The quantitative estimate of drug-likeness (QED) is 0.425. The Kier molecular flexibility index (Phi) is 5.59. The van der Waals surface area contributed by atoms with Gasteiger partial charge < -0.3 is 0 Å². The van der Waals surface area contributed by atoms with E-state index in [1.807, 2.05) is 73.7 Å². The van der Waals surface area contributed by atoms with Gasteiger partial charge in [-0.3, -0.25) is 9.59 Å². The Morgan fingerprint density at radius 1 is 0.848 bits per heavy atom. The predicted octanol–water partition coefficient (Wildman–Crippen LogP) is 6.63. The summed E-state index contributed by atoms with van der Waals surface area (Å²) in [7, 11) is 0. The van der Waals surface area contributed by atoms with Gasteiger partial charge in [-0.25, -0.2) is 0 Å². The van der Waals surface area contributed by atoms with Crippen LogP contribution in [0.15, 0.2) is 84.0 Å². The van der Waals surface area contributed by atoms with E-state index in [4.69, 9.17) is 28.3 Å². The summed E-state index contributed by atoms with van der Waals surface area (Å²) in [6.07, 6.45) is 0.485. The van der Waals surface area contributed by atoms with Gasteiger partial charge in [0.25, 0.3) is 5.91 Å². The smallest absolute Gasteiger partial charge is 0.260 e. The van der Waals surface area contributed by atoms with Crippen LogP contribution < -0.4 is 5.01 Å². The number of para-hydroxylation sites is 1. The van der Waals surface area contributed by atoms with E-state index in [0.717, 1.165) is 11.1 Å². The summed E-state index contributed by atoms with van der Waals surface area (Å²) in [4.78, 5) is 27.5. The van der Waals surface area contributed by atoms with E-state index < -0.39 is 11.3 Å². The van der Waals surface area contributed by atoms with Crippen molar-refractivity contribution in [2.75, 3.05) is 5.01 Å². The van der Waals surface area contributed by atoms with E-state index in [9.17, 15) is 9.59 Å². The van der Waals surface area contributed by atoms with E-state index >= 15 is 0 Å². The third-order valence-corrected chi connectivity index (χ3v) is 7.51. The molecule has 0 unspecified atom stereocenters. The van der Waals surface area contributed by atoms with Crippen LogP contribution in [0.1, 0.15) is 42.7 Å². The van der Waals surface area contributed by atoms with Crippen LogP contribution in [0.25, 0.3) is 0 Å². The second-order valence-corrected chi connectivity index (χ2v) is 9.48. The SMILES string of the molecule is CC1=NN(c2ccccc2)C(=O)[C@]12[C@H](c1ccc(Cl)cc1)CC(=O)C[C@H]2c1ccccc1Cl. The molecule has 3 atom stereocenters. The Morgan fingerprint density at radius 3 is 2.18 bits per heavy atom. The van der Waals surface area contributed by atoms with Crippen molar-refractivity contribution < 1.29 is 9.59 Å². The first kappa shape index (κ1) is 21.9. The Bertz CT molecular complexity index is 1260. The lowest BCUT2D eigenvalue weighted by Gasteiger charge is -2.46. The second kappa shape index (κ2) is 8.44.